The van der Waals surface area contributed by atoms with E-state index in [1.54, 1.807) is 25.1 Å². The summed E-state index contributed by atoms with van der Waals surface area (Å²) >= 11 is 0. The zero-order chi connectivity index (χ0) is 20.6. The Hall–Kier alpha value is -3.07. The van der Waals surface area contributed by atoms with Crippen LogP contribution in [-0.4, -0.2) is 39.5 Å². The van der Waals surface area contributed by atoms with Crippen LogP contribution in [0.15, 0.2) is 41.3 Å². The number of fused-ring (bicyclic) bond motifs is 2. The number of hydrogen-bond donors (Lipinski definition) is 2. The number of rotatable bonds is 5. The molecule has 0 bridgehead atoms. The van der Waals surface area contributed by atoms with Gasteiger partial charge in [-0.1, -0.05) is 6.07 Å². The molecule has 29 heavy (non-hydrogen) atoms. The monoisotopic (exact) mass is 416 g/mol. The standard InChI is InChI=1S/C20H20N2O6S/c1-2-27-20(24)18-11-12-10-13(6-7-17(12)28-18)29(25,26)22-16-5-3-4-15-14(16)8-9-21-19(15)23/h3-7,10,18,22H,2,8-9,11H2,1H3,(H,21,23). The number of amides is 1. The van der Waals surface area contributed by atoms with Gasteiger partial charge in [0.05, 0.1) is 17.2 Å². The molecular weight excluding hydrogens is 396 g/mol. The number of carbonyl (C=O) groups excluding carboxylic acids is 2. The van der Waals surface area contributed by atoms with Crippen LogP contribution >= 0.6 is 0 Å². The molecule has 1 amide bonds. The van der Waals surface area contributed by atoms with Gasteiger partial charge in [0.2, 0.25) is 0 Å². The lowest BCUT2D eigenvalue weighted by Gasteiger charge is -2.20. The largest absolute Gasteiger partial charge is 0.478 e. The van der Waals surface area contributed by atoms with Crippen LogP contribution in [0.2, 0.25) is 0 Å². The second kappa shape index (κ2) is 7.40. The Morgan fingerprint density at radius 3 is 2.93 bits per heavy atom. The number of ether oxygens (including phenoxy) is 2. The fourth-order valence-corrected chi connectivity index (χ4v) is 4.67. The first-order valence-corrected chi connectivity index (χ1v) is 10.8. The first kappa shape index (κ1) is 19.3. The molecule has 4 rings (SSSR count). The second-order valence-corrected chi connectivity index (χ2v) is 8.46. The van der Waals surface area contributed by atoms with Crippen molar-refractivity contribution in [2.75, 3.05) is 17.9 Å². The molecule has 152 valence electrons. The number of carbonyl (C=O) groups is 2. The van der Waals surface area contributed by atoms with Crippen LogP contribution in [0.1, 0.15) is 28.4 Å². The summed E-state index contributed by atoms with van der Waals surface area (Å²) in [5.74, 6) is -0.219. The Morgan fingerprint density at radius 2 is 2.14 bits per heavy atom. The second-order valence-electron chi connectivity index (χ2n) is 6.78. The van der Waals surface area contributed by atoms with Crippen molar-refractivity contribution in [1.29, 1.82) is 0 Å². The van der Waals surface area contributed by atoms with Gasteiger partial charge in [-0.2, -0.15) is 0 Å². The predicted molar refractivity (Wildman–Crippen MR) is 104 cm³/mol. The summed E-state index contributed by atoms with van der Waals surface area (Å²) in [7, 11) is -3.89. The molecular formula is C20H20N2O6S. The van der Waals surface area contributed by atoms with Gasteiger partial charge >= 0.3 is 5.97 Å². The quantitative estimate of drug-likeness (QED) is 0.717. The highest BCUT2D eigenvalue weighted by Crippen LogP contribution is 2.32. The van der Waals surface area contributed by atoms with E-state index in [0.29, 0.717) is 41.1 Å². The van der Waals surface area contributed by atoms with Crippen molar-refractivity contribution in [3.05, 3.63) is 53.1 Å². The molecule has 0 saturated heterocycles. The van der Waals surface area contributed by atoms with Crippen molar-refractivity contribution in [1.82, 2.24) is 5.32 Å². The molecule has 2 aliphatic rings. The van der Waals surface area contributed by atoms with E-state index in [-0.39, 0.29) is 23.8 Å². The van der Waals surface area contributed by atoms with Gasteiger partial charge in [0.1, 0.15) is 5.75 Å². The van der Waals surface area contributed by atoms with Gasteiger partial charge in [-0.25, -0.2) is 13.2 Å². The van der Waals surface area contributed by atoms with Crippen molar-refractivity contribution < 1.29 is 27.5 Å². The Morgan fingerprint density at radius 1 is 1.31 bits per heavy atom. The lowest BCUT2D eigenvalue weighted by atomic mass is 9.99. The zero-order valence-electron chi connectivity index (χ0n) is 15.7. The third-order valence-corrected chi connectivity index (χ3v) is 6.25. The summed E-state index contributed by atoms with van der Waals surface area (Å²) in [4.78, 5) is 23.9. The van der Waals surface area contributed by atoms with Crippen LogP contribution in [0.4, 0.5) is 5.69 Å². The first-order chi connectivity index (χ1) is 13.9. The normalized spacial score (nSPS) is 17.6. The molecule has 9 heteroatoms. The van der Waals surface area contributed by atoms with Crippen LogP contribution < -0.4 is 14.8 Å². The van der Waals surface area contributed by atoms with Crippen molar-refractivity contribution in [2.45, 2.75) is 30.8 Å². The van der Waals surface area contributed by atoms with Crippen molar-refractivity contribution in [3.8, 4) is 5.75 Å². The van der Waals surface area contributed by atoms with Gasteiger partial charge < -0.3 is 14.8 Å². The number of esters is 1. The summed E-state index contributed by atoms with van der Waals surface area (Å²) < 4.78 is 39.0. The van der Waals surface area contributed by atoms with Crippen LogP contribution in [0.3, 0.4) is 0 Å². The van der Waals surface area contributed by atoms with Crippen molar-refractivity contribution >= 4 is 27.6 Å². The fraction of sp³-hybridized carbons (Fsp3) is 0.300. The average Bonchev–Trinajstić information content (AvgIpc) is 3.12. The maximum atomic E-state index is 12.9. The van der Waals surface area contributed by atoms with E-state index in [2.05, 4.69) is 10.0 Å². The number of benzene rings is 2. The fourth-order valence-electron chi connectivity index (χ4n) is 3.52. The van der Waals surface area contributed by atoms with Gasteiger partial charge in [-0.15, -0.1) is 0 Å². The molecule has 8 nitrogen and oxygen atoms in total. The lowest BCUT2D eigenvalue weighted by Crippen LogP contribution is -2.32. The minimum atomic E-state index is -3.89. The molecule has 2 N–H and O–H groups in total. The van der Waals surface area contributed by atoms with Gasteiger partial charge in [0.25, 0.3) is 15.9 Å². The molecule has 0 radical (unpaired) electrons. The van der Waals surface area contributed by atoms with Crippen LogP contribution in [0.25, 0.3) is 0 Å². The number of hydrogen-bond acceptors (Lipinski definition) is 6. The minimum absolute atomic E-state index is 0.0576. The van der Waals surface area contributed by atoms with E-state index in [9.17, 15) is 18.0 Å². The summed E-state index contributed by atoms with van der Waals surface area (Å²) in [5, 5.41) is 2.74. The van der Waals surface area contributed by atoms with Gasteiger partial charge in [0, 0.05) is 18.5 Å². The molecule has 0 aromatic heterocycles. The summed E-state index contributed by atoms with van der Waals surface area (Å²) in [5.41, 5.74) is 2.15. The predicted octanol–water partition coefficient (Wildman–Crippen LogP) is 1.64. The van der Waals surface area contributed by atoms with E-state index in [1.165, 1.54) is 18.2 Å². The highest BCUT2D eigenvalue weighted by molar-refractivity contribution is 7.92. The highest BCUT2D eigenvalue weighted by atomic mass is 32.2. The van der Waals surface area contributed by atoms with Crippen LogP contribution in [0.5, 0.6) is 5.75 Å². The Balaban J connectivity index is 1.59. The van der Waals surface area contributed by atoms with Crippen LogP contribution in [-0.2, 0) is 32.4 Å². The Labute approximate surface area is 168 Å². The SMILES string of the molecule is CCOC(=O)C1Cc2cc(S(=O)(=O)Nc3cccc4c3CCNC4=O)ccc2O1. The number of sulfonamides is 1. The topological polar surface area (TPSA) is 111 Å². The third-order valence-electron chi connectivity index (χ3n) is 4.89. The zero-order valence-corrected chi connectivity index (χ0v) is 16.5. The summed E-state index contributed by atoms with van der Waals surface area (Å²) in [6.45, 7) is 2.41. The molecule has 0 fully saturated rings. The van der Waals surface area contributed by atoms with Gasteiger partial charge in [0.15, 0.2) is 6.10 Å². The molecule has 1 unspecified atom stereocenters. The Bertz CT molecular complexity index is 1100. The molecule has 2 heterocycles. The maximum Gasteiger partial charge on any atom is 0.347 e. The number of anilines is 1. The van der Waals surface area contributed by atoms with E-state index in [1.807, 2.05) is 0 Å². The number of nitrogens with one attached hydrogen (secondary N) is 2. The first-order valence-electron chi connectivity index (χ1n) is 9.28. The average molecular weight is 416 g/mol. The van der Waals surface area contributed by atoms with E-state index in [0.717, 1.165) is 0 Å². The molecule has 2 aromatic rings. The van der Waals surface area contributed by atoms with Gasteiger partial charge in [-0.3, -0.25) is 9.52 Å². The molecule has 0 aliphatic carbocycles. The molecule has 2 aliphatic heterocycles. The molecule has 0 spiro atoms. The van der Waals surface area contributed by atoms with Crippen molar-refractivity contribution in [2.24, 2.45) is 0 Å². The Kier molecular flexibility index (Phi) is 4.91. The highest BCUT2D eigenvalue weighted by Gasteiger charge is 2.31. The summed E-state index contributed by atoms with van der Waals surface area (Å²) in [6.07, 6.45) is 0.0211. The van der Waals surface area contributed by atoms with Crippen LogP contribution in [0, 0.1) is 0 Å². The molecule has 2 aromatic carbocycles. The van der Waals surface area contributed by atoms with Gasteiger partial charge in [-0.05, 0) is 54.8 Å². The smallest absolute Gasteiger partial charge is 0.347 e. The maximum absolute atomic E-state index is 12.9. The lowest BCUT2D eigenvalue weighted by molar-refractivity contribution is -0.150. The van der Waals surface area contributed by atoms with E-state index < -0.39 is 22.1 Å². The van der Waals surface area contributed by atoms with E-state index >= 15 is 0 Å². The van der Waals surface area contributed by atoms with E-state index in [4.69, 9.17) is 9.47 Å². The summed E-state index contributed by atoms with van der Waals surface area (Å²) in [6, 6.07) is 9.42. The molecule has 0 saturated carbocycles. The third kappa shape index (κ3) is 3.65. The minimum Gasteiger partial charge on any atom is -0.478 e. The van der Waals surface area contributed by atoms with Crippen molar-refractivity contribution in [3.63, 3.8) is 0 Å². The molecule has 1 atom stereocenters.